The van der Waals surface area contributed by atoms with Gasteiger partial charge in [-0.2, -0.15) is 0 Å². The fraction of sp³-hybridized carbons (Fsp3) is 0.107. The van der Waals surface area contributed by atoms with Crippen molar-refractivity contribution in [3.8, 4) is 16.9 Å². The molecular formula is C28H24O3. The Balaban J connectivity index is 1.61. The number of carboxylic acids is 1. The van der Waals surface area contributed by atoms with Crippen molar-refractivity contribution in [1.82, 2.24) is 0 Å². The molecule has 3 heteroatoms. The van der Waals surface area contributed by atoms with Gasteiger partial charge < -0.3 is 9.84 Å². The van der Waals surface area contributed by atoms with Gasteiger partial charge >= 0.3 is 5.97 Å². The number of carboxylic acid groups (broad SMARTS) is 1. The number of ether oxygens (including phenoxy) is 1. The molecule has 0 spiro atoms. The maximum Gasteiger partial charge on any atom is 0.335 e. The van der Waals surface area contributed by atoms with E-state index >= 15 is 0 Å². The van der Waals surface area contributed by atoms with Gasteiger partial charge in [0.25, 0.3) is 0 Å². The highest BCUT2D eigenvalue weighted by Crippen LogP contribution is 2.32. The third-order valence-corrected chi connectivity index (χ3v) is 5.30. The van der Waals surface area contributed by atoms with Crippen LogP contribution in [0.15, 0.2) is 103 Å². The molecule has 3 nitrogen and oxygen atoms in total. The second-order valence-corrected chi connectivity index (χ2v) is 7.43. The van der Waals surface area contributed by atoms with Gasteiger partial charge in [0.1, 0.15) is 12.4 Å². The van der Waals surface area contributed by atoms with Crippen molar-refractivity contribution in [2.75, 3.05) is 0 Å². The standard InChI is InChI=1S/C28H24O3/c29-28(30)26-18-17-23(19-24(26)16-15-21-9-3-1-4-10-21)25-13-7-8-14-27(25)31-20-22-11-5-2-6-12-22/h1-14,17-19H,15-16,20H2,(H,29,30). The smallest absolute Gasteiger partial charge is 0.335 e. The quantitative estimate of drug-likeness (QED) is 0.366. The van der Waals surface area contributed by atoms with E-state index in [-0.39, 0.29) is 0 Å². The van der Waals surface area contributed by atoms with Crippen LogP contribution >= 0.6 is 0 Å². The zero-order chi connectivity index (χ0) is 21.5. The Morgan fingerprint density at radius 1 is 0.710 bits per heavy atom. The minimum atomic E-state index is -0.900. The summed E-state index contributed by atoms with van der Waals surface area (Å²) in [5, 5.41) is 9.66. The number of hydrogen-bond acceptors (Lipinski definition) is 2. The van der Waals surface area contributed by atoms with Crippen LogP contribution in [0.2, 0.25) is 0 Å². The molecule has 0 radical (unpaired) electrons. The normalized spacial score (nSPS) is 10.6. The van der Waals surface area contributed by atoms with E-state index in [1.54, 1.807) is 6.07 Å². The summed E-state index contributed by atoms with van der Waals surface area (Å²) in [5.41, 5.74) is 5.38. The summed E-state index contributed by atoms with van der Waals surface area (Å²) in [7, 11) is 0. The van der Waals surface area contributed by atoms with Crippen molar-refractivity contribution in [2.24, 2.45) is 0 Å². The minimum Gasteiger partial charge on any atom is -0.488 e. The van der Waals surface area contributed by atoms with E-state index < -0.39 is 5.97 Å². The molecule has 1 N–H and O–H groups in total. The number of carbonyl (C=O) groups is 1. The molecule has 154 valence electrons. The maximum atomic E-state index is 11.8. The van der Waals surface area contributed by atoms with Crippen molar-refractivity contribution in [3.05, 3.63) is 125 Å². The van der Waals surface area contributed by atoms with E-state index in [2.05, 4.69) is 12.1 Å². The molecule has 0 saturated heterocycles. The second-order valence-electron chi connectivity index (χ2n) is 7.43. The van der Waals surface area contributed by atoms with Crippen molar-refractivity contribution in [2.45, 2.75) is 19.4 Å². The molecule has 0 aliphatic carbocycles. The number of hydrogen-bond donors (Lipinski definition) is 1. The lowest BCUT2D eigenvalue weighted by molar-refractivity contribution is 0.0695. The van der Waals surface area contributed by atoms with E-state index in [0.29, 0.717) is 18.6 Å². The summed E-state index contributed by atoms with van der Waals surface area (Å²) < 4.78 is 6.11. The van der Waals surface area contributed by atoms with Gasteiger partial charge in [0.2, 0.25) is 0 Å². The summed E-state index contributed by atoms with van der Waals surface area (Å²) in [5.74, 6) is -0.119. The molecular weight excluding hydrogens is 384 g/mol. The molecule has 0 saturated carbocycles. The zero-order valence-corrected chi connectivity index (χ0v) is 17.2. The number of benzene rings is 4. The molecule has 4 rings (SSSR count). The van der Waals surface area contributed by atoms with Gasteiger partial charge in [-0.25, -0.2) is 4.79 Å². The van der Waals surface area contributed by atoms with E-state index in [1.165, 1.54) is 5.56 Å². The lowest BCUT2D eigenvalue weighted by Gasteiger charge is -2.14. The van der Waals surface area contributed by atoms with Gasteiger partial charge in [-0.15, -0.1) is 0 Å². The topological polar surface area (TPSA) is 46.5 Å². The van der Waals surface area contributed by atoms with Crippen LogP contribution in [0.4, 0.5) is 0 Å². The molecule has 0 fully saturated rings. The summed E-state index contributed by atoms with van der Waals surface area (Å²) in [6, 6.07) is 33.6. The van der Waals surface area contributed by atoms with E-state index in [9.17, 15) is 9.90 Å². The predicted octanol–water partition coefficient (Wildman–Crippen LogP) is 6.42. The van der Waals surface area contributed by atoms with Crippen LogP contribution in [0.1, 0.15) is 27.0 Å². The SMILES string of the molecule is O=C(O)c1ccc(-c2ccccc2OCc2ccccc2)cc1CCc1ccccc1. The van der Waals surface area contributed by atoms with Crippen LogP contribution in [0.3, 0.4) is 0 Å². The number of aromatic carboxylic acids is 1. The first kappa shape index (κ1) is 20.4. The molecule has 0 aliphatic heterocycles. The summed E-state index contributed by atoms with van der Waals surface area (Å²) in [4.78, 5) is 11.8. The lowest BCUT2D eigenvalue weighted by Crippen LogP contribution is -2.04. The molecule has 4 aromatic carbocycles. The Morgan fingerprint density at radius 2 is 1.35 bits per heavy atom. The summed E-state index contributed by atoms with van der Waals surface area (Å²) >= 11 is 0. The number of para-hydroxylation sites is 1. The molecule has 0 bridgehead atoms. The lowest BCUT2D eigenvalue weighted by atomic mass is 9.94. The van der Waals surface area contributed by atoms with Crippen molar-refractivity contribution in [3.63, 3.8) is 0 Å². The Morgan fingerprint density at radius 3 is 2.06 bits per heavy atom. The Hall–Kier alpha value is -3.85. The van der Waals surface area contributed by atoms with Crippen molar-refractivity contribution < 1.29 is 14.6 Å². The average Bonchev–Trinajstić information content (AvgIpc) is 2.82. The van der Waals surface area contributed by atoms with Crippen LogP contribution in [-0.4, -0.2) is 11.1 Å². The monoisotopic (exact) mass is 408 g/mol. The van der Waals surface area contributed by atoms with Crippen LogP contribution in [-0.2, 0) is 19.4 Å². The van der Waals surface area contributed by atoms with Crippen LogP contribution < -0.4 is 4.74 Å². The van der Waals surface area contributed by atoms with Gasteiger partial charge in [-0.1, -0.05) is 91.0 Å². The molecule has 0 atom stereocenters. The summed E-state index contributed by atoms with van der Waals surface area (Å²) in [6.07, 6.45) is 1.45. The maximum absolute atomic E-state index is 11.8. The Kier molecular flexibility index (Phi) is 6.44. The zero-order valence-electron chi connectivity index (χ0n) is 17.2. The van der Waals surface area contributed by atoms with Gasteiger partial charge in [-0.3, -0.25) is 0 Å². The molecule has 0 aliphatic rings. The van der Waals surface area contributed by atoms with E-state index in [4.69, 9.17) is 4.74 Å². The molecule has 0 amide bonds. The largest absolute Gasteiger partial charge is 0.488 e. The molecule has 0 heterocycles. The first-order valence-corrected chi connectivity index (χ1v) is 10.4. The second kappa shape index (κ2) is 9.77. The minimum absolute atomic E-state index is 0.349. The van der Waals surface area contributed by atoms with E-state index in [1.807, 2.05) is 84.9 Å². The van der Waals surface area contributed by atoms with Crippen LogP contribution in [0.25, 0.3) is 11.1 Å². The first-order chi connectivity index (χ1) is 15.2. The highest BCUT2D eigenvalue weighted by atomic mass is 16.5. The number of aryl methyl sites for hydroxylation is 2. The Bertz CT molecular complexity index is 1150. The highest BCUT2D eigenvalue weighted by molar-refractivity contribution is 5.90. The van der Waals surface area contributed by atoms with Gasteiger partial charge in [-0.05, 0) is 47.2 Å². The van der Waals surface area contributed by atoms with Crippen molar-refractivity contribution in [1.29, 1.82) is 0 Å². The van der Waals surface area contributed by atoms with Crippen LogP contribution in [0, 0.1) is 0 Å². The first-order valence-electron chi connectivity index (χ1n) is 10.4. The van der Waals surface area contributed by atoms with Gasteiger partial charge in [0.15, 0.2) is 0 Å². The third-order valence-electron chi connectivity index (χ3n) is 5.30. The van der Waals surface area contributed by atoms with Gasteiger partial charge in [0.05, 0.1) is 5.56 Å². The fourth-order valence-electron chi connectivity index (χ4n) is 3.67. The van der Waals surface area contributed by atoms with Crippen LogP contribution in [0.5, 0.6) is 5.75 Å². The average molecular weight is 408 g/mol. The molecule has 31 heavy (non-hydrogen) atoms. The predicted molar refractivity (Wildman–Crippen MR) is 123 cm³/mol. The number of rotatable bonds is 8. The fourth-order valence-corrected chi connectivity index (χ4v) is 3.67. The third kappa shape index (κ3) is 5.20. The Labute approximate surface area is 182 Å². The van der Waals surface area contributed by atoms with E-state index in [0.717, 1.165) is 34.4 Å². The highest BCUT2D eigenvalue weighted by Gasteiger charge is 2.14. The molecule has 0 unspecified atom stereocenters. The van der Waals surface area contributed by atoms with Gasteiger partial charge in [0, 0.05) is 5.56 Å². The van der Waals surface area contributed by atoms with Crippen molar-refractivity contribution >= 4 is 5.97 Å². The molecule has 4 aromatic rings. The molecule has 0 aromatic heterocycles. The summed E-state index contributed by atoms with van der Waals surface area (Å²) in [6.45, 7) is 0.478.